The van der Waals surface area contributed by atoms with Crippen molar-refractivity contribution in [3.63, 3.8) is 0 Å². The molecular formula is C22H24N2O3. The summed E-state index contributed by atoms with van der Waals surface area (Å²) in [5.41, 5.74) is 1.12. The summed E-state index contributed by atoms with van der Waals surface area (Å²) in [6.45, 7) is 4.44. The van der Waals surface area contributed by atoms with Crippen molar-refractivity contribution in [1.29, 1.82) is 0 Å². The molecule has 2 amide bonds. The van der Waals surface area contributed by atoms with Crippen molar-refractivity contribution in [3.8, 4) is 0 Å². The van der Waals surface area contributed by atoms with Gasteiger partial charge in [-0.05, 0) is 44.4 Å². The maximum absolute atomic E-state index is 13.1. The van der Waals surface area contributed by atoms with Gasteiger partial charge in [0.15, 0.2) is 5.78 Å². The number of ketones is 1. The summed E-state index contributed by atoms with van der Waals surface area (Å²) in [7, 11) is 0. The topological polar surface area (TPSA) is 66.5 Å². The van der Waals surface area contributed by atoms with E-state index in [4.69, 9.17) is 0 Å². The Morgan fingerprint density at radius 3 is 2.33 bits per heavy atom. The summed E-state index contributed by atoms with van der Waals surface area (Å²) in [6, 6.07) is 16.6. The minimum Gasteiger partial charge on any atom is -0.338 e. The number of carbonyl (C=O) groups excluding carboxylic acids is 3. The third-order valence-corrected chi connectivity index (χ3v) is 5.01. The summed E-state index contributed by atoms with van der Waals surface area (Å²) in [6.07, 6.45) is 1.10. The van der Waals surface area contributed by atoms with Crippen LogP contribution in [0.4, 0.5) is 5.69 Å². The molecule has 0 aromatic heterocycles. The van der Waals surface area contributed by atoms with Crippen LogP contribution in [0.3, 0.4) is 0 Å². The summed E-state index contributed by atoms with van der Waals surface area (Å²) in [4.78, 5) is 39.2. The van der Waals surface area contributed by atoms with Crippen LogP contribution in [0.15, 0.2) is 54.6 Å². The largest absolute Gasteiger partial charge is 0.338 e. The van der Waals surface area contributed by atoms with Gasteiger partial charge in [-0.3, -0.25) is 14.4 Å². The number of amides is 2. The fraction of sp³-hybridized carbons (Fsp3) is 0.318. The SMILES string of the molecule is CCN(Cc1ccccc1)C(=O)C1(C(=O)Nc2cccc(C(C)=O)c2)CC1. The van der Waals surface area contributed by atoms with Crippen LogP contribution in [-0.2, 0) is 16.1 Å². The number of carbonyl (C=O) groups is 3. The third kappa shape index (κ3) is 4.08. The highest BCUT2D eigenvalue weighted by atomic mass is 16.2. The molecule has 0 atom stereocenters. The number of Topliss-reactive ketones (excluding diaryl/α,β-unsaturated/α-hetero) is 1. The van der Waals surface area contributed by atoms with E-state index in [1.165, 1.54) is 6.92 Å². The van der Waals surface area contributed by atoms with Gasteiger partial charge in [0.1, 0.15) is 5.41 Å². The molecule has 1 saturated carbocycles. The fourth-order valence-electron chi connectivity index (χ4n) is 3.16. The van der Waals surface area contributed by atoms with Crippen LogP contribution in [0.1, 0.15) is 42.6 Å². The smallest absolute Gasteiger partial charge is 0.240 e. The van der Waals surface area contributed by atoms with Crippen molar-refractivity contribution < 1.29 is 14.4 Å². The second kappa shape index (κ2) is 7.74. The fourth-order valence-corrected chi connectivity index (χ4v) is 3.16. The number of benzene rings is 2. The maximum Gasteiger partial charge on any atom is 0.240 e. The lowest BCUT2D eigenvalue weighted by Gasteiger charge is -2.26. The quantitative estimate of drug-likeness (QED) is 0.602. The van der Waals surface area contributed by atoms with Crippen molar-refractivity contribution in [1.82, 2.24) is 4.90 Å². The minimum atomic E-state index is -0.989. The van der Waals surface area contributed by atoms with Gasteiger partial charge in [-0.15, -0.1) is 0 Å². The number of nitrogens with zero attached hydrogens (tertiary/aromatic N) is 1. The van der Waals surface area contributed by atoms with Gasteiger partial charge in [-0.1, -0.05) is 42.5 Å². The first-order valence-electron chi connectivity index (χ1n) is 9.22. The van der Waals surface area contributed by atoms with Gasteiger partial charge in [-0.2, -0.15) is 0 Å². The molecule has 2 aromatic carbocycles. The first-order chi connectivity index (χ1) is 13.0. The number of nitrogens with one attached hydrogen (secondary N) is 1. The van der Waals surface area contributed by atoms with E-state index in [2.05, 4.69) is 5.32 Å². The molecular weight excluding hydrogens is 340 g/mol. The molecule has 3 rings (SSSR count). The Balaban J connectivity index is 1.73. The van der Waals surface area contributed by atoms with Gasteiger partial charge in [0.05, 0.1) is 0 Å². The van der Waals surface area contributed by atoms with Gasteiger partial charge in [0.2, 0.25) is 11.8 Å². The van der Waals surface area contributed by atoms with E-state index >= 15 is 0 Å². The molecule has 0 spiro atoms. The molecule has 2 aromatic rings. The van der Waals surface area contributed by atoms with Gasteiger partial charge >= 0.3 is 0 Å². The standard InChI is InChI=1S/C22H24N2O3/c1-3-24(15-17-8-5-4-6-9-17)21(27)22(12-13-22)20(26)23-19-11-7-10-18(14-19)16(2)25/h4-11,14H,3,12-13,15H2,1-2H3,(H,23,26). The van der Waals surface area contributed by atoms with E-state index in [0.29, 0.717) is 37.2 Å². The second-order valence-corrected chi connectivity index (χ2v) is 6.98. The average molecular weight is 364 g/mol. The number of hydrogen-bond acceptors (Lipinski definition) is 3. The van der Waals surface area contributed by atoms with Crippen LogP contribution in [0.25, 0.3) is 0 Å². The minimum absolute atomic E-state index is 0.0664. The lowest BCUT2D eigenvalue weighted by atomic mass is 10.0. The number of anilines is 1. The molecule has 0 heterocycles. The highest BCUT2D eigenvalue weighted by Crippen LogP contribution is 2.48. The lowest BCUT2D eigenvalue weighted by Crippen LogP contribution is -2.42. The predicted molar refractivity (Wildman–Crippen MR) is 104 cm³/mol. The Hall–Kier alpha value is -2.95. The van der Waals surface area contributed by atoms with Crippen LogP contribution < -0.4 is 5.32 Å². The molecule has 5 nitrogen and oxygen atoms in total. The van der Waals surface area contributed by atoms with Crippen LogP contribution in [0.2, 0.25) is 0 Å². The first-order valence-corrected chi connectivity index (χ1v) is 9.22. The Morgan fingerprint density at radius 1 is 1.04 bits per heavy atom. The highest BCUT2D eigenvalue weighted by Gasteiger charge is 2.57. The van der Waals surface area contributed by atoms with Crippen molar-refractivity contribution in [2.45, 2.75) is 33.2 Å². The highest BCUT2D eigenvalue weighted by molar-refractivity contribution is 6.13. The second-order valence-electron chi connectivity index (χ2n) is 6.98. The van der Waals surface area contributed by atoms with E-state index in [1.54, 1.807) is 29.2 Å². The molecule has 1 fully saturated rings. The van der Waals surface area contributed by atoms with E-state index in [9.17, 15) is 14.4 Å². The van der Waals surface area contributed by atoms with E-state index in [-0.39, 0.29) is 17.6 Å². The van der Waals surface area contributed by atoms with Crippen molar-refractivity contribution in [2.75, 3.05) is 11.9 Å². The monoisotopic (exact) mass is 364 g/mol. The summed E-state index contributed by atoms with van der Waals surface area (Å²) < 4.78 is 0. The molecule has 140 valence electrons. The third-order valence-electron chi connectivity index (χ3n) is 5.01. The Kier molecular flexibility index (Phi) is 5.40. The Bertz CT molecular complexity index is 857. The molecule has 1 aliphatic rings. The molecule has 0 unspecified atom stereocenters. The van der Waals surface area contributed by atoms with Crippen LogP contribution >= 0.6 is 0 Å². The zero-order valence-corrected chi connectivity index (χ0v) is 15.7. The lowest BCUT2D eigenvalue weighted by molar-refractivity contribution is -0.142. The zero-order chi connectivity index (χ0) is 19.4. The normalized spacial score (nSPS) is 14.3. The van der Waals surface area contributed by atoms with Crippen molar-refractivity contribution in [2.24, 2.45) is 5.41 Å². The number of rotatable bonds is 7. The maximum atomic E-state index is 13.1. The molecule has 0 saturated heterocycles. The Morgan fingerprint density at radius 2 is 1.74 bits per heavy atom. The average Bonchev–Trinajstić information content (AvgIpc) is 3.48. The zero-order valence-electron chi connectivity index (χ0n) is 15.7. The van der Waals surface area contributed by atoms with E-state index in [0.717, 1.165) is 5.56 Å². The summed E-state index contributed by atoms with van der Waals surface area (Å²) in [5, 5.41) is 2.83. The molecule has 1 N–H and O–H groups in total. The molecule has 0 radical (unpaired) electrons. The van der Waals surface area contributed by atoms with Gasteiger partial charge in [-0.25, -0.2) is 0 Å². The Labute approximate surface area is 159 Å². The first kappa shape index (κ1) is 18.8. The van der Waals surface area contributed by atoms with E-state index < -0.39 is 5.41 Å². The van der Waals surface area contributed by atoms with Gasteiger partial charge in [0, 0.05) is 24.3 Å². The summed E-state index contributed by atoms with van der Waals surface area (Å²) >= 11 is 0. The van der Waals surface area contributed by atoms with Crippen LogP contribution in [0.5, 0.6) is 0 Å². The molecule has 5 heteroatoms. The molecule has 1 aliphatic carbocycles. The van der Waals surface area contributed by atoms with E-state index in [1.807, 2.05) is 37.3 Å². The molecule has 0 bridgehead atoms. The van der Waals surface area contributed by atoms with Gasteiger partial charge in [0.25, 0.3) is 0 Å². The molecule has 0 aliphatic heterocycles. The number of hydrogen-bond donors (Lipinski definition) is 1. The summed E-state index contributed by atoms with van der Waals surface area (Å²) in [5.74, 6) is -0.489. The van der Waals surface area contributed by atoms with Crippen LogP contribution in [0, 0.1) is 5.41 Å². The van der Waals surface area contributed by atoms with Crippen molar-refractivity contribution >= 4 is 23.3 Å². The molecule has 27 heavy (non-hydrogen) atoms. The predicted octanol–water partition coefficient (Wildman–Crippen LogP) is 3.66. The van der Waals surface area contributed by atoms with Crippen LogP contribution in [-0.4, -0.2) is 29.0 Å². The van der Waals surface area contributed by atoms with Crippen molar-refractivity contribution in [3.05, 3.63) is 65.7 Å². The van der Waals surface area contributed by atoms with Gasteiger partial charge < -0.3 is 10.2 Å².